The lowest BCUT2D eigenvalue weighted by atomic mass is 10.2. The van der Waals surface area contributed by atoms with Crippen LogP contribution in [0, 0.1) is 10.1 Å². The van der Waals surface area contributed by atoms with Crippen LogP contribution in [0.3, 0.4) is 0 Å². The molecule has 0 radical (unpaired) electrons. The molecule has 0 atom stereocenters. The fourth-order valence-corrected chi connectivity index (χ4v) is 5.15. The van der Waals surface area contributed by atoms with Crippen LogP contribution >= 0.6 is 7.92 Å². The lowest BCUT2D eigenvalue weighted by Gasteiger charge is -2.21. The topological polar surface area (TPSA) is 69.4 Å². The number of carbonyl (C=O) groups excluding carboxylic acids is 1. The summed E-state index contributed by atoms with van der Waals surface area (Å²) in [5.41, 5.74) is 0.295. The molecule has 0 aliphatic rings. The maximum absolute atomic E-state index is 12.3. The molecule has 0 saturated heterocycles. The molecule has 0 spiro atoms. The number of rotatable bonds is 5. The smallest absolute Gasteiger partial charge is 0.338 e. The number of non-ortho nitro benzene ring substituents is 1. The number of nitro benzene ring substituents is 1. The van der Waals surface area contributed by atoms with Gasteiger partial charge >= 0.3 is 5.97 Å². The average Bonchev–Trinajstić information content (AvgIpc) is 2.69. The summed E-state index contributed by atoms with van der Waals surface area (Å²) in [6.07, 6.45) is 0. The predicted molar refractivity (Wildman–Crippen MR) is 103 cm³/mol. The van der Waals surface area contributed by atoms with E-state index in [0.29, 0.717) is 10.9 Å². The van der Waals surface area contributed by atoms with E-state index in [1.54, 1.807) is 0 Å². The largest absolute Gasteiger partial charge is 0.465 e. The molecule has 0 bridgehead atoms. The molecule has 0 aromatic heterocycles. The number of hydrogen-bond acceptors (Lipinski definition) is 4. The van der Waals surface area contributed by atoms with Crippen LogP contribution in [0.2, 0.25) is 0 Å². The van der Waals surface area contributed by atoms with Gasteiger partial charge in [-0.15, -0.1) is 0 Å². The molecule has 6 heteroatoms. The summed E-state index contributed by atoms with van der Waals surface area (Å²) in [7, 11) is 0.155. The molecule has 26 heavy (non-hydrogen) atoms. The maximum atomic E-state index is 12.3. The lowest BCUT2D eigenvalue weighted by molar-refractivity contribution is -0.384. The van der Waals surface area contributed by atoms with E-state index in [9.17, 15) is 14.9 Å². The van der Waals surface area contributed by atoms with Crippen LogP contribution in [0.1, 0.15) is 10.4 Å². The quantitative estimate of drug-likeness (QED) is 0.301. The van der Waals surface area contributed by atoms with Crippen LogP contribution in [0.4, 0.5) is 5.69 Å². The Kier molecular flexibility index (Phi) is 5.40. The van der Waals surface area contributed by atoms with E-state index in [1.165, 1.54) is 25.3 Å². The first-order chi connectivity index (χ1) is 12.6. The Morgan fingerprint density at radius 1 is 0.923 bits per heavy atom. The van der Waals surface area contributed by atoms with Gasteiger partial charge in [-0.1, -0.05) is 60.7 Å². The number of nitrogens with zero attached hydrogens (tertiary/aromatic N) is 1. The summed E-state index contributed by atoms with van der Waals surface area (Å²) in [4.78, 5) is 23.1. The molecule has 0 saturated carbocycles. The van der Waals surface area contributed by atoms with Gasteiger partial charge in [-0.05, 0) is 24.6 Å². The maximum Gasteiger partial charge on any atom is 0.338 e. The van der Waals surface area contributed by atoms with Crippen molar-refractivity contribution < 1.29 is 14.5 Å². The van der Waals surface area contributed by atoms with Gasteiger partial charge in [-0.3, -0.25) is 10.1 Å². The number of hydrogen-bond donors (Lipinski definition) is 0. The normalized spacial score (nSPS) is 10.5. The van der Waals surface area contributed by atoms with Gasteiger partial charge in [0, 0.05) is 17.4 Å². The Morgan fingerprint density at radius 3 is 1.92 bits per heavy atom. The monoisotopic (exact) mass is 365 g/mol. The van der Waals surface area contributed by atoms with E-state index in [2.05, 4.69) is 0 Å². The molecule has 0 fully saturated rings. The third-order valence-electron chi connectivity index (χ3n) is 3.87. The minimum atomic E-state index is -1.15. The number of ether oxygens (including phenoxy) is 1. The summed E-state index contributed by atoms with van der Waals surface area (Å²) < 4.78 is 4.90. The highest BCUT2D eigenvalue weighted by atomic mass is 31.1. The third-order valence-corrected chi connectivity index (χ3v) is 6.35. The number of esters is 1. The highest BCUT2D eigenvalue weighted by molar-refractivity contribution is 7.80. The second kappa shape index (κ2) is 7.89. The van der Waals surface area contributed by atoms with Crippen LogP contribution in [0.15, 0.2) is 78.9 Å². The van der Waals surface area contributed by atoms with Gasteiger partial charge in [-0.25, -0.2) is 4.79 Å². The zero-order valence-corrected chi connectivity index (χ0v) is 14.9. The number of benzene rings is 3. The Labute approximate surface area is 152 Å². The molecule has 3 aromatic rings. The van der Waals surface area contributed by atoms with E-state index < -0.39 is 18.8 Å². The zero-order valence-electron chi connectivity index (χ0n) is 14.0. The molecule has 5 nitrogen and oxygen atoms in total. The van der Waals surface area contributed by atoms with Gasteiger partial charge in [0.25, 0.3) is 5.69 Å². The molecule has 130 valence electrons. The van der Waals surface area contributed by atoms with Crippen LogP contribution in [-0.4, -0.2) is 18.0 Å². The molecule has 0 amide bonds. The van der Waals surface area contributed by atoms with E-state index in [4.69, 9.17) is 4.74 Å². The summed E-state index contributed by atoms with van der Waals surface area (Å²) in [5.74, 6) is -0.505. The van der Waals surface area contributed by atoms with Gasteiger partial charge in [0.15, 0.2) is 0 Å². The van der Waals surface area contributed by atoms with Gasteiger partial charge in [0.1, 0.15) is 0 Å². The number of methoxy groups -OCH3 is 1. The number of nitro groups is 1. The zero-order chi connectivity index (χ0) is 18.5. The summed E-state index contributed by atoms with van der Waals surface area (Å²) in [6, 6.07) is 23.7. The second-order valence-corrected chi connectivity index (χ2v) is 7.64. The summed E-state index contributed by atoms with van der Waals surface area (Å²) in [6.45, 7) is 0. The van der Waals surface area contributed by atoms with Gasteiger partial charge in [0.2, 0.25) is 0 Å². The van der Waals surface area contributed by atoms with Crippen molar-refractivity contribution in [3.63, 3.8) is 0 Å². The van der Waals surface area contributed by atoms with Gasteiger partial charge in [-0.2, -0.15) is 0 Å². The van der Waals surface area contributed by atoms with Crippen molar-refractivity contribution in [1.82, 2.24) is 0 Å². The van der Waals surface area contributed by atoms with E-state index in [-0.39, 0.29) is 5.69 Å². The Morgan fingerprint density at radius 2 is 1.46 bits per heavy atom. The lowest BCUT2D eigenvalue weighted by Crippen LogP contribution is -2.26. The number of carbonyl (C=O) groups is 1. The van der Waals surface area contributed by atoms with Crippen molar-refractivity contribution in [3.8, 4) is 0 Å². The van der Waals surface area contributed by atoms with Crippen LogP contribution < -0.4 is 15.9 Å². The fourth-order valence-electron chi connectivity index (χ4n) is 2.68. The fraction of sp³-hybridized carbons (Fsp3) is 0.0500. The third kappa shape index (κ3) is 3.63. The Hall–Kier alpha value is -3.04. The van der Waals surface area contributed by atoms with Crippen molar-refractivity contribution in [3.05, 3.63) is 94.5 Å². The molecule has 0 aliphatic carbocycles. The Balaban J connectivity index is 2.28. The SMILES string of the molecule is COC(=O)c1ccc([N+](=O)[O-])cc1P(c1ccccc1)c1ccccc1. The first kappa shape index (κ1) is 17.8. The highest BCUT2D eigenvalue weighted by Gasteiger charge is 2.25. The van der Waals surface area contributed by atoms with Crippen molar-refractivity contribution in [2.24, 2.45) is 0 Å². The molecule has 3 rings (SSSR count). The first-order valence-corrected chi connectivity index (χ1v) is 9.23. The minimum Gasteiger partial charge on any atom is -0.465 e. The summed E-state index contributed by atoms with van der Waals surface area (Å²) in [5, 5.41) is 13.9. The van der Waals surface area contributed by atoms with Crippen LogP contribution in [0.25, 0.3) is 0 Å². The standard InChI is InChI=1S/C20H16NO4P/c1-25-20(22)18-13-12-15(21(23)24)14-19(18)26(16-8-4-2-5-9-16)17-10-6-3-7-11-17/h2-14H,1H3. The minimum absolute atomic E-state index is 0.0491. The molecule has 0 N–H and O–H groups in total. The van der Waals surface area contributed by atoms with E-state index in [0.717, 1.165) is 10.6 Å². The molecular formula is C20H16NO4P. The average molecular weight is 365 g/mol. The van der Waals surface area contributed by atoms with Gasteiger partial charge < -0.3 is 4.74 Å². The van der Waals surface area contributed by atoms with E-state index in [1.807, 2.05) is 60.7 Å². The van der Waals surface area contributed by atoms with Crippen molar-refractivity contribution in [2.45, 2.75) is 0 Å². The first-order valence-electron chi connectivity index (χ1n) is 7.89. The predicted octanol–water partition coefficient (Wildman–Crippen LogP) is 3.14. The van der Waals surface area contributed by atoms with Crippen molar-refractivity contribution in [1.29, 1.82) is 0 Å². The summed E-state index contributed by atoms with van der Waals surface area (Å²) >= 11 is 0. The Bertz CT molecular complexity index is 890. The van der Waals surface area contributed by atoms with Crippen LogP contribution in [0.5, 0.6) is 0 Å². The molecule has 0 unspecified atom stereocenters. The molecule has 0 aliphatic heterocycles. The highest BCUT2D eigenvalue weighted by Crippen LogP contribution is 2.35. The van der Waals surface area contributed by atoms with Crippen molar-refractivity contribution in [2.75, 3.05) is 7.11 Å². The second-order valence-electron chi connectivity index (χ2n) is 5.46. The van der Waals surface area contributed by atoms with Crippen LogP contribution in [-0.2, 0) is 4.74 Å². The molecule has 3 aromatic carbocycles. The molecule has 0 heterocycles. The van der Waals surface area contributed by atoms with Gasteiger partial charge in [0.05, 0.1) is 17.6 Å². The van der Waals surface area contributed by atoms with E-state index >= 15 is 0 Å². The molecular weight excluding hydrogens is 349 g/mol. The van der Waals surface area contributed by atoms with Crippen molar-refractivity contribution >= 4 is 35.5 Å².